The molecule has 1 aromatic heterocycles. The Morgan fingerprint density at radius 3 is 2.37 bits per heavy atom. The number of nitrogens with one attached hydrogen (secondary N) is 2. The summed E-state index contributed by atoms with van der Waals surface area (Å²) in [5.74, 6) is -0.386. The molecule has 38 heavy (non-hydrogen) atoms. The molecule has 0 bridgehead atoms. The Morgan fingerprint density at radius 2 is 1.74 bits per heavy atom. The Kier molecular flexibility index (Phi) is 8.38. The molecule has 4 rings (SSSR count). The maximum absolute atomic E-state index is 13.4. The summed E-state index contributed by atoms with van der Waals surface area (Å²) >= 11 is 5.94. The van der Waals surface area contributed by atoms with Crippen molar-refractivity contribution in [2.45, 2.75) is 12.8 Å². The molecular weight excluding hydrogens is 530 g/mol. The zero-order valence-corrected chi connectivity index (χ0v) is 22.3. The number of aromatic nitrogens is 1. The van der Waals surface area contributed by atoms with E-state index in [2.05, 4.69) is 19.9 Å². The highest BCUT2D eigenvalue weighted by molar-refractivity contribution is 7.92. The number of hydrogen-bond donors (Lipinski definition) is 3. The van der Waals surface area contributed by atoms with Gasteiger partial charge in [0.2, 0.25) is 10.0 Å². The van der Waals surface area contributed by atoms with Gasteiger partial charge in [0.05, 0.1) is 35.5 Å². The lowest BCUT2D eigenvalue weighted by Gasteiger charge is -2.33. The summed E-state index contributed by atoms with van der Waals surface area (Å²) < 4.78 is 31.8. The lowest BCUT2D eigenvalue weighted by Crippen LogP contribution is -2.35. The van der Waals surface area contributed by atoms with Crippen molar-refractivity contribution in [3.63, 3.8) is 0 Å². The summed E-state index contributed by atoms with van der Waals surface area (Å²) in [5, 5.41) is 2.98. The van der Waals surface area contributed by atoms with Gasteiger partial charge in [0.25, 0.3) is 0 Å². The molecule has 0 aliphatic carbocycles. The number of nitrogen functional groups attached to an aromatic ring is 1. The number of nitrogens with two attached hydrogens (primary N) is 1. The number of benzene rings is 2. The number of ketones is 1. The van der Waals surface area contributed by atoms with Crippen LogP contribution >= 0.6 is 11.6 Å². The van der Waals surface area contributed by atoms with Crippen LogP contribution in [0.25, 0.3) is 0 Å². The van der Waals surface area contributed by atoms with E-state index in [1.54, 1.807) is 12.4 Å². The van der Waals surface area contributed by atoms with Crippen LogP contribution < -0.4 is 20.7 Å². The number of anilines is 4. The number of pyridine rings is 1. The van der Waals surface area contributed by atoms with Gasteiger partial charge >= 0.3 is 6.09 Å². The monoisotopic (exact) mass is 557 g/mol. The van der Waals surface area contributed by atoms with Gasteiger partial charge < -0.3 is 15.4 Å². The van der Waals surface area contributed by atoms with Crippen molar-refractivity contribution < 1.29 is 22.7 Å². The molecule has 1 fully saturated rings. The molecule has 1 aliphatic heterocycles. The maximum atomic E-state index is 13.4. The van der Waals surface area contributed by atoms with Gasteiger partial charge in [0.15, 0.2) is 5.78 Å². The third kappa shape index (κ3) is 6.93. The molecule has 0 saturated carbocycles. The van der Waals surface area contributed by atoms with Crippen molar-refractivity contribution in [1.29, 1.82) is 0 Å². The van der Waals surface area contributed by atoms with E-state index in [4.69, 9.17) is 22.1 Å². The van der Waals surface area contributed by atoms with E-state index in [9.17, 15) is 18.0 Å². The summed E-state index contributed by atoms with van der Waals surface area (Å²) in [6.07, 6.45) is 5.36. The van der Waals surface area contributed by atoms with Crippen LogP contribution in [0.3, 0.4) is 0 Å². The van der Waals surface area contributed by atoms with Gasteiger partial charge in [-0.2, -0.15) is 0 Å². The number of ether oxygens (including phenoxy) is 1. The molecule has 1 saturated heterocycles. The minimum Gasteiger partial charge on any atom is -0.449 e. The molecule has 2 heterocycles. The lowest BCUT2D eigenvalue weighted by atomic mass is 9.97. The number of rotatable bonds is 8. The minimum absolute atomic E-state index is 0.0274. The first-order valence-electron chi connectivity index (χ1n) is 11.9. The molecule has 0 spiro atoms. The third-order valence-electron chi connectivity index (χ3n) is 6.19. The molecule has 3 aromatic rings. The lowest BCUT2D eigenvalue weighted by molar-refractivity contribution is 0.104. The highest BCUT2D eigenvalue weighted by Crippen LogP contribution is 2.34. The Morgan fingerprint density at radius 1 is 1.08 bits per heavy atom. The van der Waals surface area contributed by atoms with Crippen LogP contribution in [-0.4, -0.2) is 51.2 Å². The van der Waals surface area contributed by atoms with E-state index in [-0.39, 0.29) is 40.7 Å². The van der Waals surface area contributed by atoms with Crippen LogP contribution in [0.2, 0.25) is 5.02 Å². The first-order valence-corrected chi connectivity index (χ1v) is 14.2. The largest absolute Gasteiger partial charge is 0.449 e. The van der Waals surface area contributed by atoms with Crippen molar-refractivity contribution >= 4 is 56.3 Å². The molecule has 2 aromatic carbocycles. The predicted molar refractivity (Wildman–Crippen MR) is 148 cm³/mol. The number of carbonyl (C=O) groups excluding carboxylic acids is 2. The van der Waals surface area contributed by atoms with E-state index in [1.165, 1.54) is 36.4 Å². The van der Waals surface area contributed by atoms with E-state index >= 15 is 0 Å². The van der Waals surface area contributed by atoms with E-state index in [0.29, 0.717) is 5.02 Å². The van der Waals surface area contributed by atoms with Crippen molar-refractivity contribution in [2.75, 3.05) is 46.6 Å². The zero-order chi connectivity index (χ0) is 27.3. The highest BCUT2D eigenvalue weighted by atomic mass is 35.5. The van der Waals surface area contributed by atoms with Gasteiger partial charge in [0, 0.05) is 41.8 Å². The van der Waals surface area contributed by atoms with Gasteiger partial charge in [-0.15, -0.1) is 0 Å². The molecule has 0 unspecified atom stereocenters. The summed E-state index contributed by atoms with van der Waals surface area (Å²) in [6, 6.07) is 12.8. The molecule has 200 valence electrons. The Hall–Kier alpha value is -3.83. The van der Waals surface area contributed by atoms with Crippen LogP contribution in [0.4, 0.5) is 27.5 Å². The second-order valence-corrected chi connectivity index (χ2v) is 11.2. The Balaban J connectivity index is 1.48. The standard InChI is InChI=1S/C26H28ClN5O5S/c1-38(35,36)31-22-7-6-21(28)24(23(22)25(33)18-2-4-19(27)5-3-18)30-26(34)37-16-17-10-14-32(15-11-17)20-8-12-29-13-9-20/h2-9,12-13,17,31H,10-11,14-16,28H2,1H3,(H,30,34). The quantitative estimate of drug-likeness (QED) is 0.273. The number of carbonyl (C=O) groups is 2. The zero-order valence-electron chi connectivity index (χ0n) is 20.7. The fourth-order valence-electron chi connectivity index (χ4n) is 4.26. The number of halogens is 1. The molecule has 0 atom stereocenters. The molecular formula is C26H28ClN5O5S. The SMILES string of the molecule is CS(=O)(=O)Nc1ccc(N)c(NC(=O)OCC2CCN(c3ccncc3)CC2)c1C(=O)c1ccc(Cl)cc1. The number of nitrogens with zero attached hydrogens (tertiary/aromatic N) is 2. The molecule has 0 radical (unpaired) electrons. The second kappa shape index (κ2) is 11.7. The summed E-state index contributed by atoms with van der Waals surface area (Å²) in [4.78, 5) is 32.5. The summed E-state index contributed by atoms with van der Waals surface area (Å²) in [7, 11) is -3.75. The van der Waals surface area contributed by atoms with Crippen molar-refractivity contribution in [2.24, 2.45) is 5.92 Å². The molecule has 12 heteroatoms. The van der Waals surface area contributed by atoms with Crippen LogP contribution in [0.15, 0.2) is 60.9 Å². The van der Waals surface area contributed by atoms with E-state index in [0.717, 1.165) is 37.9 Å². The normalized spacial score (nSPS) is 14.1. The number of hydrogen-bond acceptors (Lipinski definition) is 8. The minimum atomic E-state index is -3.75. The van der Waals surface area contributed by atoms with Gasteiger partial charge in [-0.05, 0) is 67.3 Å². The van der Waals surface area contributed by atoms with Crippen LogP contribution in [0, 0.1) is 5.92 Å². The van der Waals surface area contributed by atoms with Gasteiger partial charge in [-0.3, -0.25) is 19.8 Å². The van der Waals surface area contributed by atoms with Crippen molar-refractivity contribution in [3.8, 4) is 0 Å². The van der Waals surface area contributed by atoms with Gasteiger partial charge in [-0.1, -0.05) is 11.6 Å². The first-order chi connectivity index (χ1) is 18.1. The first kappa shape index (κ1) is 27.2. The topological polar surface area (TPSA) is 144 Å². The summed E-state index contributed by atoms with van der Waals surface area (Å²) in [6.45, 7) is 1.84. The maximum Gasteiger partial charge on any atom is 0.411 e. The average molecular weight is 558 g/mol. The Bertz CT molecular complexity index is 1410. The van der Waals surface area contributed by atoms with Crippen molar-refractivity contribution in [3.05, 3.63) is 77.1 Å². The average Bonchev–Trinajstić information content (AvgIpc) is 2.89. The molecule has 10 nitrogen and oxygen atoms in total. The van der Waals surface area contributed by atoms with Gasteiger partial charge in [0.1, 0.15) is 0 Å². The predicted octanol–water partition coefficient (Wildman–Crippen LogP) is 4.38. The number of sulfonamides is 1. The number of piperidine rings is 1. The van der Waals surface area contributed by atoms with Crippen LogP contribution in [0.1, 0.15) is 28.8 Å². The molecule has 1 aliphatic rings. The highest BCUT2D eigenvalue weighted by Gasteiger charge is 2.25. The smallest absolute Gasteiger partial charge is 0.411 e. The van der Waals surface area contributed by atoms with E-state index < -0.39 is 21.9 Å². The fourth-order valence-corrected chi connectivity index (χ4v) is 4.96. The van der Waals surface area contributed by atoms with E-state index in [1.807, 2.05) is 12.1 Å². The second-order valence-electron chi connectivity index (χ2n) is 9.02. The number of amides is 1. The fraction of sp³-hybridized carbons (Fsp3) is 0.269. The molecule has 4 N–H and O–H groups in total. The molecule has 1 amide bonds. The van der Waals surface area contributed by atoms with Crippen LogP contribution in [0.5, 0.6) is 0 Å². The van der Waals surface area contributed by atoms with Crippen LogP contribution in [-0.2, 0) is 14.8 Å². The Labute approximate surface area is 226 Å². The van der Waals surface area contributed by atoms with Crippen molar-refractivity contribution in [1.82, 2.24) is 4.98 Å². The van der Waals surface area contributed by atoms with Gasteiger partial charge in [-0.25, -0.2) is 13.2 Å². The summed E-state index contributed by atoms with van der Waals surface area (Å²) in [5.41, 5.74) is 7.35. The third-order valence-corrected chi connectivity index (χ3v) is 7.03.